The molecule has 2 rings (SSSR count). The molecule has 0 bridgehead atoms. The van der Waals surface area contributed by atoms with Crippen molar-refractivity contribution in [2.24, 2.45) is 0 Å². The number of anilines is 1. The molecule has 0 atom stereocenters. The zero-order valence-electron chi connectivity index (χ0n) is 14.6. The molecule has 0 aliphatic rings. The number of unbranched alkanes of at least 4 members (excludes halogenated alkanes) is 1. The van der Waals surface area contributed by atoms with Gasteiger partial charge in [0.05, 0.1) is 12.2 Å². The third kappa shape index (κ3) is 6.30. The van der Waals surface area contributed by atoms with Crippen molar-refractivity contribution < 1.29 is 19.1 Å². The van der Waals surface area contributed by atoms with Gasteiger partial charge in [0.1, 0.15) is 5.75 Å². The third-order valence-electron chi connectivity index (χ3n) is 3.47. The average Bonchev–Trinajstić information content (AvgIpc) is 2.60. The van der Waals surface area contributed by atoms with Crippen LogP contribution in [0.2, 0.25) is 0 Å². The van der Waals surface area contributed by atoms with Crippen LogP contribution in [0.1, 0.15) is 35.7 Å². The molecular formula is C20H23NO4. The molecule has 0 aromatic heterocycles. The maximum absolute atomic E-state index is 12.0. The molecule has 0 aliphatic heterocycles. The first-order valence-electron chi connectivity index (χ1n) is 8.35. The molecule has 0 saturated heterocycles. The first-order valence-corrected chi connectivity index (χ1v) is 8.35. The Balaban J connectivity index is 1.88. The van der Waals surface area contributed by atoms with E-state index in [2.05, 4.69) is 5.32 Å². The summed E-state index contributed by atoms with van der Waals surface area (Å²) >= 11 is 0. The number of carbonyl (C=O) groups is 2. The number of hydrogen-bond acceptors (Lipinski definition) is 4. The van der Waals surface area contributed by atoms with Crippen LogP contribution in [0.4, 0.5) is 5.69 Å². The predicted octanol–water partition coefficient (Wildman–Crippen LogP) is 3.97. The van der Waals surface area contributed by atoms with Gasteiger partial charge in [-0.1, -0.05) is 31.5 Å². The smallest absolute Gasteiger partial charge is 0.338 e. The van der Waals surface area contributed by atoms with Crippen LogP contribution in [0.5, 0.6) is 5.75 Å². The Bertz CT molecular complexity index is 727. The molecule has 1 N–H and O–H groups in total. The summed E-state index contributed by atoms with van der Waals surface area (Å²) in [6.45, 7) is 4.28. The second-order valence-electron chi connectivity index (χ2n) is 5.72. The highest BCUT2D eigenvalue weighted by atomic mass is 16.5. The summed E-state index contributed by atoms with van der Waals surface area (Å²) in [4.78, 5) is 24.0. The van der Waals surface area contributed by atoms with Gasteiger partial charge in [0.2, 0.25) is 0 Å². The van der Waals surface area contributed by atoms with Crippen LogP contribution in [0.25, 0.3) is 0 Å². The fourth-order valence-corrected chi connectivity index (χ4v) is 2.17. The average molecular weight is 341 g/mol. The maximum Gasteiger partial charge on any atom is 0.338 e. The Morgan fingerprint density at radius 3 is 2.64 bits per heavy atom. The second kappa shape index (κ2) is 9.47. The highest BCUT2D eigenvalue weighted by molar-refractivity contribution is 5.95. The molecule has 2 aromatic carbocycles. The van der Waals surface area contributed by atoms with Gasteiger partial charge in [-0.25, -0.2) is 4.79 Å². The molecule has 0 unspecified atom stereocenters. The Kier molecular flexibility index (Phi) is 7.01. The lowest BCUT2D eigenvalue weighted by molar-refractivity contribution is -0.118. The van der Waals surface area contributed by atoms with Crippen LogP contribution in [0.15, 0.2) is 48.5 Å². The van der Waals surface area contributed by atoms with E-state index in [1.807, 2.05) is 32.0 Å². The summed E-state index contributed by atoms with van der Waals surface area (Å²) in [5.41, 5.74) is 2.00. The van der Waals surface area contributed by atoms with E-state index in [0.29, 0.717) is 23.6 Å². The standard InChI is InChI=1S/C20H23NO4/c1-3-4-11-24-20(23)16-8-6-9-17(13-16)21-19(22)14-25-18-10-5-7-15(2)12-18/h5-10,12-13H,3-4,11,14H2,1-2H3,(H,21,22). The van der Waals surface area contributed by atoms with Gasteiger partial charge in [0, 0.05) is 5.69 Å². The number of aryl methyl sites for hydroxylation is 1. The molecule has 25 heavy (non-hydrogen) atoms. The quantitative estimate of drug-likeness (QED) is 0.583. The van der Waals surface area contributed by atoms with E-state index in [1.54, 1.807) is 30.3 Å². The molecule has 0 radical (unpaired) electrons. The maximum atomic E-state index is 12.0. The minimum absolute atomic E-state index is 0.103. The highest BCUT2D eigenvalue weighted by Crippen LogP contribution is 2.14. The van der Waals surface area contributed by atoms with Crippen molar-refractivity contribution >= 4 is 17.6 Å². The summed E-state index contributed by atoms with van der Waals surface area (Å²) in [5, 5.41) is 2.72. The van der Waals surface area contributed by atoms with Gasteiger partial charge in [-0.2, -0.15) is 0 Å². The van der Waals surface area contributed by atoms with Crippen molar-refractivity contribution in [3.8, 4) is 5.75 Å². The minimum Gasteiger partial charge on any atom is -0.484 e. The predicted molar refractivity (Wildman–Crippen MR) is 96.9 cm³/mol. The van der Waals surface area contributed by atoms with Gasteiger partial charge in [-0.05, 0) is 49.2 Å². The lowest BCUT2D eigenvalue weighted by atomic mass is 10.2. The van der Waals surface area contributed by atoms with Crippen molar-refractivity contribution in [1.82, 2.24) is 0 Å². The van der Waals surface area contributed by atoms with E-state index in [-0.39, 0.29) is 18.5 Å². The second-order valence-corrected chi connectivity index (χ2v) is 5.72. The van der Waals surface area contributed by atoms with Gasteiger partial charge >= 0.3 is 5.97 Å². The Labute approximate surface area is 148 Å². The van der Waals surface area contributed by atoms with Crippen LogP contribution in [-0.2, 0) is 9.53 Å². The minimum atomic E-state index is -0.388. The number of rotatable bonds is 8. The van der Waals surface area contributed by atoms with Crippen molar-refractivity contribution in [2.45, 2.75) is 26.7 Å². The van der Waals surface area contributed by atoms with Crippen molar-refractivity contribution in [2.75, 3.05) is 18.5 Å². The van der Waals surface area contributed by atoms with Crippen LogP contribution < -0.4 is 10.1 Å². The first-order chi connectivity index (χ1) is 12.1. The van der Waals surface area contributed by atoms with E-state index in [4.69, 9.17) is 9.47 Å². The monoisotopic (exact) mass is 341 g/mol. The molecule has 5 heteroatoms. The number of benzene rings is 2. The molecule has 132 valence electrons. The molecule has 5 nitrogen and oxygen atoms in total. The molecule has 0 aliphatic carbocycles. The molecule has 1 amide bonds. The van der Waals surface area contributed by atoms with Crippen LogP contribution in [-0.4, -0.2) is 25.1 Å². The number of nitrogens with one attached hydrogen (secondary N) is 1. The molecular weight excluding hydrogens is 318 g/mol. The normalized spacial score (nSPS) is 10.2. The fourth-order valence-electron chi connectivity index (χ4n) is 2.17. The lowest BCUT2D eigenvalue weighted by Crippen LogP contribution is -2.20. The van der Waals surface area contributed by atoms with Gasteiger partial charge in [-0.15, -0.1) is 0 Å². The zero-order chi connectivity index (χ0) is 18.1. The van der Waals surface area contributed by atoms with Gasteiger partial charge in [-0.3, -0.25) is 4.79 Å². The van der Waals surface area contributed by atoms with E-state index in [9.17, 15) is 9.59 Å². The number of carbonyl (C=O) groups excluding carboxylic acids is 2. The Hall–Kier alpha value is -2.82. The van der Waals surface area contributed by atoms with Crippen molar-refractivity contribution in [3.63, 3.8) is 0 Å². The lowest BCUT2D eigenvalue weighted by Gasteiger charge is -2.09. The Morgan fingerprint density at radius 1 is 1.08 bits per heavy atom. The third-order valence-corrected chi connectivity index (χ3v) is 3.47. The van der Waals surface area contributed by atoms with Crippen molar-refractivity contribution in [1.29, 1.82) is 0 Å². The topological polar surface area (TPSA) is 64.6 Å². The molecule has 0 fully saturated rings. The number of amides is 1. The fraction of sp³-hybridized carbons (Fsp3) is 0.300. The van der Waals surface area contributed by atoms with Crippen molar-refractivity contribution in [3.05, 3.63) is 59.7 Å². The number of esters is 1. The van der Waals surface area contributed by atoms with E-state index >= 15 is 0 Å². The van der Waals surface area contributed by atoms with Crippen LogP contribution >= 0.6 is 0 Å². The summed E-state index contributed by atoms with van der Waals surface area (Å²) in [7, 11) is 0. The van der Waals surface area contributed by atoms with Crippen LogP contribution in [0, 0.1) is 6.92 Å². The van der Waals surface area contributed by atoms with E-state index in [1.165, 1.54) is 0 Å². The molecule has 0 spiro atoms. The van der Waals surface area contributed by atoms with E-state index in [0.717, 1.165) is 18.4 Å². The molecule has 0 saturated carbocycles. The summed E-state index contributed by atoms with van der Waals surface area (Å²) < 4.78 is 10.6. The van der Waals surface area contributed by atoms with Gasteiger partial charge in [0.15, 0.2) is 6.61 Å². The highest BCUT2D eigenvalue weighted by Gasteiger charge is 2.09. The summed E-state index contributed by atoms with van der Waals surface area (Å²) in [5.74, 6) is -0.0398. The zero-order valence-corrected chi connectivity index (χ0v) is 14.6. The Morgan fingerprint density at radius 2 is 1.88 bits per heavy atom. The largest absolute Gasteiger partial charge is 0.484 e. The summed E-state index contributed by atoms with van der Waals surface area (Å²) in [6.07, 6.45) is 1.79. The van der Waals surface area contributed by atoms with Gasteiger partial charge in [0.25, 0.3) is 5.91 Å². The number of ether oxygens (including phenoxy) is 2. The number of hydrogen-bond donors (Lipinski definition) is 1. The summed E-state index contributed by atoms with van der Waals surface area (Å²) in [6, 6.07) is 14.2. The first kappa shape index (κ1) is 18.5. The molecule has 2 aromatic rings. The van der Waals surface area contributed by atoms with Gasteiger partial charge < -0.3 is 14.8 Å². The molecule has 0 heterocycles. The SMILES string of the molecule is CCCCOC(=O)c1cccc(NC(=O)COc2cccc(C)c2)c1. The van der Waals surface area contributed by atoms with Crippen LogP contribution in [0.3, 0.4) is 0 Å². The van der Waals surface area contributed by atoms with E-state index < -0.39 is 0 Å².